The number of aryl methyl sites for hydroxylation is 2. The smallest absolute Gasteiger partial charge is 0.416 e. The maximum atomic E-state index is 13.3. The predicted octanol–water partition coefficient (Wildman–Crippen LogP) is 5.47. The highest BCUT2D eigenvalue weighted by Crippen LogP contribution is 2.37. The summed E-state index contributed by atoms with van der Waals surface area (Å²) in [4.78, 5) is 11.5. The molecule has 0 N–H and O–H groups in total. The van der Waals surface area contributed by atoms with Crippen LogP contribution in [0, 0.1) is 6.92 Å². The lowest BCUT2D eigenvalue weighted by molar-refractivity contribution is -0.140. The summed E-state index contributed by atoms with van der Waals surface area (Å²) >= 11 is 0. The third-order valence-corrected chi connectivity index (χ3v) is 4.03. The molecular weight excluding hydrogens is 345 g/mol. The molecule has 2 aromatic carbocycles. The fourth-order valence-corrected chi connectivity index (χ4v) is 2.58. The van der Waals surface area contributed by atoms with E-state index in [2.05, 4.69) is 0 Å². The molecule has 0 fully saturated rings. The van der Waals surface area contributed by atoms with Gasteiger partial charge in [0.1, 0.15) is 18.1 Å². The molecule has 0 aliphatic carbocycles. The Bertz CT molecular complexity index is 782. The van der Waals surface area contributed by atoms with Gasteiger partial charge in [-0.05, 0) is 48.7 Å². The number of esters is 1. The van der Waals surface area contributed by atoms with Crippen molar-refractivity contribution in [3.8, 4) is 11.5 Å². The van der Waals surface area contributed by atoms with Gasteiger partial charge >= 0.3 is 12.1 Å². The van der Waals surface area contributed by atoms with Gasteiger partial charge in [0.2, 0.25) is 0 Å². The number of carbonyl (C=O) groups excluding carboxylic acids is 1. The minimum Gasteiger partial charge on any atom is -0.489 e. The van der Waals surface area contributed by atoms with Crippen LogP contribution in [0.3, 0.4) is 0 Å². The summed E-state index contributed by atoms with van der Waals surface area (Å²) in [5.41, 5.74) is 1.08. The molecular formula is C20H21F3O3. The molecule has 0 aliphatic heterocycles. The zero-order valence-electron chi connectivity index (χ0n) is 14.9. The Morgan fingerprint density at radius 1 is 1.12 bits per heavy atom. The molecule has 6 heteroatoms. The number of rotatable bonds is 6. The molecule has 140 valence electrons. The molecule has 0 atom stereocenters. The van der Waals surface area contributed by atoms with Crippen LogP contribution in [0.4, 0.5) is 13.2 Å². The fraction of sp³-hybridized carbons (Fsp3) is 0.350. The first-order chi connectivity index (χ1) is 12.3. The number of alkyl halides is 3. The fourth-order valence-electron chi connectivity index (χ4n) is 2.58. The second kappa shape index (κ2) is 8.25. The Kier molecular flexibility index (Phi) is 6.29. The molecule has 0 heterocycles. The number of hydrogen-bond donors (Lipinski definition) is 0. The van der Waals surface area contributed by atoms with Crippen LogP contribution in [0.1, 0.15) is 42.5 Å². The number of hydrogen-bond acceptors (Lipinski definition) is 3. The molecule has 0 unspecified atom stereocenters. The molecule has 0 spiro atoms. The van der Waals surface area contributed by atoms with Gasteiger partial charge in [-0.2, -0.15) is 13.2 Å². The van der Waals surface area contributed by atoms with Crippen molar-refractivity contribution in [1.29, 1.82) is 0 Å². The van der Waals surface area contributed by atoms with E-state index in [0.29, 0.717) is 5.75 Å². The van der Waals surface area contributed by atoms with Crippen LogP contribution in [0.5, 0.6) is 11.5 Å². The second-order valence-corrected chi connectivity index (χ2v) is 5.84. The summed E-state index contributed by atoms with van der Waals surface area (Å²) in [6, 6.07) is 8.90. The zero-order chi connectivity index (χ0) is 19.3. The number of halogens is 3. The van der Waals surface area contributed by atoms with Crippen molar-refractivity contribution in [3.05, 3.63) is 58.7 Å². The molecule has 0 saturated carbocycles. The highest BCUT2D eigenvalue weighted by Gasteiger charge is 2.35. The summed E-state index contributed by atoms with van der Waals surface area (Å²) in [5.74, 6) is -0.272. The van der Waals surface area contributed by atoms with Gasteiger partial charge in [0.05, 0.1) is 5.56 Å². The largest absolute Gasteiger partial charge is 0.489 e. The SMILES string of the molecule is CCC(=O)Oc1cccc(C(F)(F)F)c1COc1ccc(CC)c(C)c1. The zero-order valence-corrected chi connectivity index (χ0v) is 14.9. The first-order valence-electron chi connectivity index (χ1n) is 8.38. The van der Waals surface area contributed by atoms with Gasteiger partial charge in [-0.15, -0.1) is 0 Å². The molecule has 0 bridgehead atoms. The van der Waals surface area contributed by atoms with Crippen LogP contribution >= 0.6 is 0 Å². The van der Waals surface area contributed by atoms with Crippen LogP contribution < -0.4 is 9.47 Å². The van der Waals surface area contributed by atoms with Crippen LogP contribution in [-0.2, 0) is 24.0 Å². The highest BCUT2D eigenvalue weighted by atomic mass is 19.4. The van der Waals surface area contributed by atoms with E-state index in [1.165, 1.54) is 12.1 Å². The average molecular weight is 366 g/mol. The summed E-state index contributed by atoms with van der Waals surface area (Å²) in [5, 5.41) is 0. The van der Waals surface area contributed by atoms with Gasteiger partial charge in [-0.3, -0.25) is 4.79 Å². The van der Waals surface area contributed by atoms with Crippen molar-refractivity contribution < 1.29 is 27.4 Å². The minimum atomic E-state index is -4.57. The Morgan fingerprint density at radius 2 is 1.85 bits per heavy atom. The van der Waals surface area contributed by atoms with Gasteiger partial charge in [0.25, 0.3) is 0 Å². The molecule has 3 nitrogen and oxygen atoms in total. The van der Waals surface area contributed by atoms with E-state index in [-0.39, 0.29) is 24.3 Å². The van der Waals surface area contributed by atoms with E-state index in [1.54, 1.807) is 19.1 Å². The quantitative estimate of drug-likeness (QED) is 0.502. The average Bonchev–Trinajstić information content (AvgIpc) is 2.59. The number of carbonyl (C=O) groups is 1. The summed E-state index contributed by atoms with van der Waals surface area (Å²) in [7, 11) is 0. The van der Waals surface area contributed by atoms with Crippen molar-refractivity contribution in [2.24, 2.45) is 0 Å². The monoisotopic (exact) mass is 366 g/mol. The van der Waals surface area contributed by atoms with E-state index in [1.807, 2.05) is 19.9 Å². The lowest BCUT2D eigenvalue weighted by Gasteiger charge is -2.17. The number of benzene rings is 2. The van der Waals surface area contributed by atoms with E-state index >= 15 is 0 Å². The third kappa shape index (κ3) is 4.77. The predicted molar refractivity (Wildman–Crippen MR) is 92.3 cm³/mol. The standard InChI is InChI=1S/C20H21F3O3/c1-4-14-9-10-15(11-13(14)3)25-12-16-17(20(21,22)23)7-6-8-18(16)26-19(24)5-2/h6-11H,4-5,12H2,1-3H3. The van der Waals surface area contributed by atoms with E-state index in [0.717, 1.165) is 23.6 Å². The second-order valence-electron chi connectivity index (χ2n) is 5.84. The van der Waals surface area contributed by atoms with Crippen LogP contribution in [0.2, 0.25) is 0 Å². The van der Waals surface area contributed by atoms with Gasteiger partial charge in [-0.1, -0.05) is 26.0 Å². The molecule has 0 radical (unpaired) electrons. The Labute approximate surface area is 150 Å². The van der Waals surface area contributed by atoms with Gasteiger partial charge in [0.15, 0.2) is 0 Å². The van der Waals surface area contributed by atoms with E-state index in [9.17, 15) is 18.0 Å². The summed E-state index contributed by atoms with van der Waals surface area (Å²) in [6.07, 6.45) is -3.65. The molecule has 26 heavy (non-hydrogen) atoms. The van der Waals surface area contributed by atoms with Gasteiger partial charge in [-0.25, -0.2) is 0 Å². The van der Waals surface area contributed by atoms with Gasteiger partial charge < -0.3 is 9.47 Å². The lowest BCUT2D eigenvalue weighted by Crippen LogP contribution is -2.15. The molecule has 0 amide bonds. The van der Waals surface area contributed by atoms with Crippen molar-refractivity contribution in [1.82, 2.24) is 0 Å². The first kappa shape index (κ1) is 19.8. The van der Waals surface area contributed by atoms with Crippen molar-refractivity contribution in [2.45, 2.75) is 46.4 Å². The Morgan fingerprint density at radius 3 is 2.42 bits per heavy atom. The first-order valence-corrected chi connectivity index (χ1v) is 8.38. The van der Waals surface area contributed by atoms with Crippen LogP contribution in [0.25, 0.3) is 0 Å². The Hall–Kier alpha value is -2.50. The van der Waals surface area contributed by atoms with E-state index in [4.69, 9.17) is 9.47 Å². The maximum Gasteiger partial charge on any atom is 0.416 e. The lowest BCUT2D eigenvalue weighted by atomic mass is 10.1. The van der Waals surface area contributed by atoms with Crippen molar-refractivity contribution in [3.63, 3.8) is 0 Å². The molecule has 0 aliphatic rings. The molecule has 0 saturated heterocycles. The summed E-state index contributed by atoms with van der Waals surface area (Å²) < 4.78 is 50.7. The molecule has 2 aromatic rings. The molecule has 0 aromatic heterocycles. The minimum absolute atomic E-state index is 0.0637. The molecule has 2 rings (SSSR count). The normalized spacial score (nSPS) is 11.3. The van der Waals surface area contributed by atoms with Crippen molar-refractivity contribution >= 4 is 5.97 Å². The third-order valence-electron chi connectivity index (χ3n) is 4.03. The van der Waals surface area contributed by atoms with E-state index < -0.39 is 17.7 Å². The summed E-state index contributed by atoms with van der Waals surface area (Å²) in [6.45, 7) is 5.16. The topological polar surface area (TPSA) is 35.5 Å². The maximum absolute atomic E-state index is 13.3. The highest BCUT2D eigenvalue weighted by molar-refractivity contribution is 5.72. The Balaban J connectivity index is 2.33. The number of ether oxygens (including phenoxy) is 2. The van der Waals surface area contributed by atoms with Crippen molar-refractivity contribution in [2.75, 3.05) is 0 Å². The van der Waals surface area contributed by atoms with Crippen LogP contribution in [0.15, 0.2) is 36.4 Å². The van der Waals surface area contributed by atoms with Gasteiger partial charge in [0, 0.05) is 12.0 Å². The van der Waals surface area contributed by atoms with Crippen LogP contribution in [-0.4, -0.2) is 5.97 Å².